The average molecular weight is 235 g/mol. The predicted octanol–water partition coefficient (Wildman–Crippen LogP) is 3.82. The Kier molecular flexibility index (Phi) is 3.66. The summed E-state index contributed by atoms with van der Waals surface area (Å²) in [7, 11) is 0. The van der Waals surface area contributed by atoms with E-state index in [2.05, 4.69) is 15.9 Å². The van der Waals surface area contributed by atoms with Crippen molar-refractivity contribution in [3.05, 3.63) is 34.3 Å². The molecule has 0 heterocycles. The summed E-state index contributed by atoms with van der Waals surface area (Å²) in [6.45, 7) is -0.614. The fraction of sp³-hybridized carbons (Fsp3) is 0.333. The number of rotatable bonds is 3. The summed E-state index contributed by atoms with van der Waals surface area (Å²) >= 11 is 3.24. The Hall–Kier alpha value is -0.440. The van der Waals surface area contributed by atoms with Gasteiger partial charge in [-0.2, -0.15) is 0 Å². The minimum absolute atomic E-state index is 0.0539. The van der Waals surface area contributed by atoms with Gasteiger partial charge >= 0.3 is 0 Å². The van der Waals surface area contributed by atoms with Gasteiger partial charge in [-0.3, -0.25) is 4.39 Å². The molecule has 0 aliphatic carbocycles. The lowest BCUT2D eigenvalue weighted by molar-refractivity contribution is 0.290. The zero-order valence-corrected chi connectivity index (χ0v) is 8.02. The number of hydrogen-bond donors (Lipinski definition) is 0. The van der Waals surface area contributed by atoms with Gasteiger partial charge in [-0.1, -0.05) is 28.1 Å². The van der Waals surface area contributed by atoms with E-state index >= 15 is 0 Å². The Morgan fingerprint density at radius 1 is 1.25 bits per heavy atom. The third-order valence-electron chi connectivity index (χ3n) is 1.59. The maximum Gasteiger partial charge on any atom is 0.128 e. The molecule has 0 aromatic heterocycles. The standard InChI is InChI=1S/C9H9BrF2/c10-8-3-1-7(2-4-8)9(12)5-6-11/h1-4,9H,5-6H2. The molecule has 0 saturated heterocycles. The Bertz CT molecular complexity index is 233. The van der Waals surface area contributed by atoms with E-state index in [0.717, 1.165) is 4.47 Å². The van der Waals surface area contributed by atoms with Crippen molar-refractivity contribution in [2.45, 2.75) is 12.6 Å². The molecule has 0 aliphatic heterocycles. The van der Waals surface area contributed by atoms with Crippen molar-refractivity contribution < 1.29 is 8.78 Å². The summed E-state index contributed by atoms with van der Waals surface area (Å²) < 4.78 is 25.7. The molecule has 0 saturated carbocycles. The lowest BCUT2D eigenvalue weighted by atomic mass is 10.1. The highest BCUT2D eigenvalue weighted by molar-refractivity contribution is 9.10. The smallest absolute Gasteiger partial charge is 0.128 e. The first-order chi connectivity index (χ1) is 5.74. The molecule has 12 heavy (non-hydrogen) atoms. The molecule has 0 nitrogen and oxygen atoms in total. The first kappa shape index (κ1) is 9.65. The molecule has 0 aliphatic rings. The van der Waals surface area contributed by atoms with Crippen LogP contribution in [0.3, 0.4) is 0 Å². The fourth-order valence-electron chi connectivity index (χ4n) is 0.934. The van der Waals surface area contributed by atoms with Crippen LogP contribution in [0.1, 0.15) is 18.2 Å². The van der Waals surface area contributed by atoms with E-state index in [0.29, 0.717) is 5.56 Å². The van der Waals surface area contributed by atoms with E-state index in [1.807, 2.05) is 0 Å². The van der Waals surface area contributed by atoms with Gasteiger partial charge in [0, 0.05) is 10.9 Å². The molecular weight excluding hydrogens is 226 g/mol. The van der Waals surface area contributed by atoms with Crippen LogP contribution in [0.5, 0.6) is 0 Å². The Balaban J connectivity index is 2.68. The minimum atomic E-state index is -1.18. The monoisotopic (exact) mass is 234 g/mol. The first-order valence-corrected chi connectivity index (χ1v) is 4.49. The van der Waals surface area contributed by atoms with Gasteiger partial charge in [-0.25, -0.2) is 4.39 Å². The second kappa shape index (κ2) is 4.55. The lowest BCUT2D eigenvalue weighted by Gasteiger charge is -2.05. The maximum atomic E-state index is 13.0. The molecule has 0 spiro atoms. The zero-order chi connectivity index (χ0) is 8.97. The third kappa shape index (κ3) is 2.55. The van der Waals surface area contributed by atoms with E-state index in [-0.39, 0.29) is 6.42 Å². The molecule has 0 fully saturated rings. The highest BCUT2D eigenvalue weighted by Crippen LogP contribution is 2.22. The van der Waals surface area contributed by atoms with E-state index in [1.54, 1.807) is 24.3 Å². The summed E-state index contributed by atoms with van der Waals surface area (Å²) in [6, 6.07) is 6.81. The first-order valence-electron chi connectivity index (χ1n) is 3.69. The minimum Gasteiger partial charge on any atom is -0.251 e. The average Bonchev–Trinajstić information content (AvgIpc) is 2.06. The molecule has 1 aromatic rings. The second-order valence-corrected chi connectivity index (χ2v) is 3.41. The number of hydrogen-bond acceptors (Lipinski definition) is 0. The van der Waals surface area contributed by atoms with Crippen LogP contribution in [-0.4, -0.2) is 6.67 Å². The van der Waals surface area contributed by atoms with Crippen LogP contribution < -0.4 is 0 Å². The summed E-state index contributed by atoms with van der Waals surface area (Å²) in [5, 5.41) is 0. The molecule has 3 heteroatoms. The third-order valence-corrected chi connectivity index (χ3v) is 2.12. The molecule has 1 aromatic carbocycles. The summed E-state index contributed by atoms with van der Waals surface area (Å²) in [4.78, 5) is 0. The van der Waals surface area contributed by atoms with Crippen molar-refractivity contribution in [2.75, 3.05) is 6.67 Å². The van der Waals surface area contributed by atoms with Crippen LogP contribution in [0.2, 0.25) is 0 Å². The molecule has 66 valence electrons. The van der Waals surface area contributed by atoms with E-state index in [9.17, 15) is 8.78 Å². The molecule has 0 amide bonds. The van der Waals surface area contributed by atoms with Crippen molar-refractivity contribution in [1.82, 2.24) is 0 Å². The number of halogens is 3. The van der Waals surface area contributed by atoms with E-state index in [1.165, 1.54) is 0 Å². The number of benzene rings is 1. The van der Waals surface area contributed by atoms with E-state index < -0.39 is 12.8 Å². The Morgan fingerprint density at radius 2 is 1.83 bits per heavy atom. The van der Waals surface area contributed by atoms with Crippen LogP contribution >= 0.6 is 15.9 Å². The van der Waals surface area contributed by atoms with Gasteiger partial charge in [0.15, 0.2) is 0 Å². The van der Waals surface area contributed by atoms with Crippen LogP contribution in [0.4, 0.5) is 8.78 Å². The van der Waals surface area contributed by atoms with Crippen molar-refractivity contribution in [2.24, 2.45) is 0 Å². The predicted molar refractivity (Wildman–Crippen MR) is 48.6 cm³/mol. The zero-order valence-electron chi connectivity index (χ0n) is 6.43. The van der Waals surface area contributed by atoms with Crippen LogP contribution in [-0.2, 0) is 0 Å². The molecule has 1 rings (SSSR count). The van der Waals surface area contributed by atoms with Crippen LogP contribution in [0.15, 0.2) is 28.7 Å². The molecule has 1 atom stereocenters. The Labute approximate surface area is 78.7 Å². The van der Waals surface area contributed by atoms with Crippen molar-refractivity contribution in [1.29, 1.82) is 0 Å². The molecular formula is C9H9BrF2. The molecule has 0 radical (unpaired) electrons. The highest BCUT2D eigenvalue weighted by atomic mass is 79.9. The van der Waals surface area contributed by atoms with Gasteiger partial charge in [-0.05, 0) is 17.7 Å². The summed E-state index contributed by atoms with van der Waals surface area (Å²) in [5.74, 6) is 0. The van der Waals surface area contributed by atoms with E-state index in [4.69, 9.17) is 0 Å². The summed E-state index contributed by atoms with van der Waals surface area (Å²) in [6.07, 6.45) is -1.23. The fourth-order valence-corrected chi connectivity index (χ4v) is 1.20. The van der Waals surface area contributed by atoms with Gasteiger partial charge < -0.3 is 0 Å². The van der Waals surface area contributed by atoms with Crippen LogP contribution in [0.25, 0.3) is 0 Å². The second-order valence-electron chi connectivity index (χ2n) is 2.50. The van der Waals surface area contributed by atoms with Gasteiger partial charge in [-0.15, -0.1) is 0 Å². The summed E-state index contributed by atoms with van der Waals surface area (Å²) in [5.41, 5.74) is 0.538. The maximum absolute atomic E-state index is 13.0. The largest absolute Gasteiger partial charge is 0.251 e. The quantitative estimate of drug-likeness (QED) is 0.747. The van der Waals surface area contributed by atoms with Crippen molar-refractivity contribution in [3.8, 4) is 0 Å². The highest BCUT2D eigenvalue weighted by Gasteiger charge is 2.08. The number of alkyl halides is 2. The lowest BCUT2D eigenvalue weighted by Crippen LogP contribution is -1.92. The topological polar surface area (TPSA) is 0 Å². The molecule has 0 bridgehead atoms. The SMILES string of the molecule is FCCC(F)c1ccc(Br)cc1. The van der Waals surface area contributed by atoms with Gasteiger partial charge in [0.1, 0.15) is 6.17 Å². The van der Waals surface area contributed by atoms with Crippen molar-refractivity contribution in [3.63, 3.8) is 0 Å². The van der Waals surface area contributed by atoms with Gasteiger partial charge in [0.05, 0.1) is 6.67 Å². The van der Waals surface area contributed by atoms with Gasteiger partial charge in [0.25, 0.3) is 0 Å². The molecule has 1 unspecified atom stereocenters. The molecule has 0 N–H and O–H groups in total. The Morgan fingerprint density at radius 3 is 2.33 bits per heavy atom. The van der Waals surface area contributed by atoms with Crippen molar-refractivity contribution >= 4 is 15.9 Å². The van der Waals surface area contributed by atoms with Gasteiger partial charge in [0.2, 0.25) is 0 Å². The normalized spacial score (nSPS) is 12.9. The van der Waals surface area contributed by atoms with Crippen LogP contribution in [0, 0.1) is 0 Å².